The second-order valence-electron chi connectivity index (χ2n) is 8.64. The molecular formula is C25H25ClN4O4. The highest BCUT2D eigenvalue weighted by Gasteiger charge is 2.31. The Hall–Kier alpha value is -3.36. The van der Waals surface area contributed by atoms with Gasteiger partial charge in [0.15, 0.2) is 0 Å². The summed E-state index contributed by atoms with van der Waals surface area (Å²) in [6.07, 6.45) is 4.14. The number of hydrogen-bond donors (Lipinski definition) is 3. The fraction of sp³-hybridized carbons (Fsp3) is 0.320. The molecular weight excluding hydrogens is 456 g/mol. The van der Waals surface area contributed by atoms with Crippen LogP contribution in [0.15, 0.2) is 48.7 Å². The lowest BCUT2D eigenvalue weighted by atomic mass is 10.1. The molecule has 2 aliphatic rings. The summed E-state index contributed by atoms with van der Waals surface area (Å²) >= 11 is 6.11. The monoisotopic (exact) mass is 480 g/mol. The number of hydrogen-bond acceptors (Lipinski definition) is 4. The van der Waals surface area contributed by atoms with E-state index in [4.69, 9.17) is 16.3 Å². The summed E-state index contributed by atoms with van der Waals surface area (Å²) in [5.74, 6) is -0.393. The van der Waals surface area contributed by atoms with E-state index >= 15 is 0 Å². The number of nitrogens with one attached hydrogen (secondary N) is 3. The summed E-state index contributed by atoms with van der Waals surface area (Å²) < 4.78 is 5.53. The van der Waals surface area contributed by atoms with Gasteiger partial charge in [0.1, 0.15) is 0 Å². The summed E-state index contributed by atoms with van der Waals surface area (Å²) in [5, 5.41) is 7.37. The zero-order valence-corrected chi connectivity index (χ0v) is 19.2. The SMILES string of the molecule is O=C(NC1COCC1NC(=O)c1ccc2c(Cl)c[nH]c2c1)c1ccc(N2CCCCC2=O)cc1. The Morgan fingerprint density at radius 1 is 0.971 bits per heavy atom. The molecule has 34 heavy (non-hydrogen) atoms. The maximum absolute atomic E-state index is 12.8. The molecule has 1 aromatic heterocycles. The number of piperidine rings is 1. The Morgan fingerprint density at radius 3 is 2.35 bits per heavy atom. The van der Waals surface area contributed by atoms with Gasteiger partial charge in [-0.1, -0.05) is 17.7 Å². The molecule has 2 aliphatic heterocycles. The summed E-state index contributed by atoms with van der Waals surface area (Å²) in [6.45, 7) is 1.32. The molecule has 2 saturated heterocycles. The van der Waals surface area contributed by atoms with Crippen LogP contribution in [0, 0.1) is 0 Å². The molecule has 3 N–H and O–H groups in total. The number of fused-ring (bicyclic) bond motifs is 1. The van der Waals surface area contributed by atoms with E-state index < -0.39 is 0 Å². The number of ether oxygens (including phenoxy) is 1. The van der Waals surface area contributed by atoms with Gasteiger partial charge in [0.2, 0.25) is 5.91 Å². The number of halogens is 1. The van der Waals surface area contributed by atoms with Crippen LogP contribution in [0.2, 0.25) is 5.02 Å². The number of anilines is 1. The van der Waals surface area contributed by atoms with E-state index in [1.807, 2.05) is 0 Å². The van der Waals surface area contributed by atoms with Crippen LogP contribution in [0.3, 0.4) is 0 Å². The first-order valence-corrected chi connectivity index (χ1v) is 11.7. The normalized spacial score (nSPS) is 20.5. The first-order valence-electron chi connectivity index (χ1n) is 11.4. The van der Waals surface area contributed by atoms with E-state index in [2.05, 4.69) is 15.6 Å². The number of rotatable bonds is 5. The molecule has 2 fully saturated rings. The van der Waals surface area contributed by atoms with Crippen molar-refractivity contribution >= 4 is 45.9 Å². The molecule has 8 nitrogen and oxygen atoms in total. The summed E-state index contributed by atoms with van der Waals surface area (Å²) in [5.41, 5.74) is 2.56. The van der Waals surface area contributed by atoms with Crippen molar-refractivity contribution in [2.24, 2.45) is 0 Å². The first kappa shape index (κ1) is 22.4. The maximum Gasteiger partial charge on any atom is 0.251 e. The number of carbonyl (C=O) groups excluding carboxylic acids is 3. The van der Waals surface area contributed by atoms with Crippen molar-refractivity contribution in [2.75, 3.05) is 24.7 Å². The minimum atomic E-state index is -0.358. The van der Waals surface area contributed by atoms with Gasteiger partial charge in [-0.3, -0.25) is 14.4 Å². The molecule has 176 valence electrons. The Kier molecular flexibility index (Phi) is 6.26. The van der Waals surface area contributed by atoms with E-state index in [1.54, 1.807) is 53.6 Å². The van der Waals surface area contributed by atoms with Crippen LogP contribution < -0.4 is 15.5 Å². The second kappa shape index (κ2) is 9.48. The molecule has 3 amide bonds. The van der Waals surface area contributed by atoms with E-state index in [0.29, 0.717) is 42.3 Å². The van der Waals surface area contributed by atoms with Gasteiger partial charge >= 0.3 is 0 Å². The third-order valence-electron chi connectivity index (χ3n) is 6.37. The lowest BCUT2D eigenvalue weighted by Gasteiger charge is -2.27. The highest BCUT2D eigenvalue weighted by Crippen LogP contribution is 2.24. The van der Waals surface area contributed by atoms with Gasteiger partial charge in [0.05, 0.1) is 30.3 Å². The average Bonchev–Trinajstić information content (AvgIpc) is 3.45. The number of H-pyrrole nitrogens is 1. The van der Waals surface area contributed by atoms with Crippen LogP contribution in [-0.4, -0.2) is 54.5 Å². The predicted molar refractivity (Wildman–Crippen MR) is 129 cm³/mol. The van der Waals surface area contributed by atoms with Gasteiger partial charge in [-0.2, -0.15) is 0 Å². The second-order valence-corrected chi connectivity index (χ2v) is 9.05. The molecule has 3 heterocycles. The number of carbonyl (C=O) groups is 3. The molecule has 0 bridgehead atoms. The molecule has 0 aliphatic carbocycles. The molecule has 2 aromatic carbocycles. The van der Waals surface area contributed by atoms with Crippen molar-refractivity contribution < 1.29 is 19.1 Å². The van der Waals surface area contributed by atoms with Crippen LogP contribution in [0.1, 0.15) is 40.0 Å². The lowest BCUT2D eigenvalue weighted by molar-refractivity contribution is -0.119. The molecule has 3 aromatic rings. The molecule has 2 unspecified atom stereocenters. The standard InChI is InChI=1S/C25H25ClN4O4/c26-19-12-27-20-11-16(6-9-18(19)20)25(33)29-22-14-34-13-21(22)28-24(32)15-4-7-17(8-5-15)30-10-2-1-3-23(30)31/h4-9,11-12,21-22,27H,1-3,10,13-14H2,(H,28,32)(H,29,33). The first-order chi connectivity index (χ1) is 16.5. The Bertz CT molecular complexity index is 1240. The predicted octanol–water partition coefficient (Wildman–Crippen LogP) is 3.27. The quantitative estimate of drug-likeness (QED) is 0.521. The van der Waals surface area contributed by atoms with Crippen molar-refractivity contribution in [3.8, 4) is 0 Å². The fourth-order valence-electron chi connectivity index (χ4n) is 4.45. The molecule has 0 saturated carbocycles. The van der Waals surface area contributed by atoms with Crippen molar-refractivity contribution in [3.05, 3.63) is 64.8 Å². The number of benzene rings is 2. The van der Waals surface area contributed by atoms with Crippen molar-refractivity contribution in [1.82, 2.24) is 15.6 Å². The lowest BCUT2D eigenvalue weighted by Crippen LogP contribution is -2.51. The molecule has 0 radical (unpaired) electrons. The average molecular weight is 481 g/mol. The summed E-state index contributed by atoms with van der Waals surface area (Å²) in [4.78, 5) is 42.6. The van der Waals surface area contributed by atoms with Crippen molar-refractivity contribution in [1.29, 1.82) is 0 Å². The third-order valence-corrected chi connectivity index (χ3v) is 6.68. The third kappa shape index (κ3) is 4.51. The van der Waals surface area contributed by atoms with Gasteiger partial charge in [0, 0.05) is 46.9 Å². The Labute approximate surface area is 201 Å². The van der Waals surface area contributed by atoms with E-state index in [0.717, 1.165) is 29.4 Å². The van der Waals surface area contributed by atoms with Crippen LogP contribution in [0.5, 0.6) is 0 Å². The maximum atomic E-state index is 12.8. The largest absolute Gasteiger partial charge is 0.377 e. The minimum Gasteiger partial charge on any atom is -0.377 e. The zero-order valence-electron chi connectivity index (χ0n) is 18.5. The van der Waals surface area contributed by atoms with Crippen LogP contribution in [0.25, 0.3) is 10.9 Å². The van der Waals surface area contributed by atoms with Crippen molar-refractivity contribution in [2.45, 2.75) is 31.3 Å². The van der Waals surface area contributed by atoms with Gasteiger partial charge < -0.3 is 25.3 Å². The van der Waals surface area contributed by atoms with Gasteiger partial charge in [-0.05, 0) is 49.2 Å². The Morgan fingerprint density at radius 2 is 1.65 bits per heavy atom. The number of nitrogens with zero attached hydrogens (tertiary/aromatic N) is 1. The molecule has 2 atom stereocenters. The number of aromatic nitrogens is 1. The highest BCUT2D eigenvalue weighted by molar-refractivity contribution is 6.35. The van der Waals surface area contributed by atoms with Gasteiger partial charge in [0.25, 0.3) is 11.8 Å². The van der Waals surface area contributed by atoms with Crippen LogP contribution in [-0.2, 0) is 9.53 Å². The van der Waals surface area contributed by atoms with Gasteiger partial charge in [-0.15, -0.1) is 0 Å². The van der Waals surface area contributed by atoms with Crippen LogP contribution in [0.4, 0.5) is 5.69 Å². The molecule has 0 spiro atoms. The highest BCUT2D eigenvalue weighted by atomic mass is 35.5. The molecule has 9 heteroatoms. The smallest absolute Gasteiger partial charge is 0.251 e. The minimum absolute atomic E-state index is 0.114. The van der Waals surface area contributed by atoms with Crippen molar-refractivity contribution in [3.63, 3.8) is 0 Å². The zero-order chi connectivity index (χ0) is 23.7. The van der Waals surface area contributed by atoms with E-state index in [-0.39, 0.29) is 29.8 Å². The van der Waals surface area contributed by atoms with E-state index in [9.17, 15) is 14.4 Å². The Balaban J connectivity index is 1.21. The number of aromatic amines is 1. The fourth-order valence-corrected chi connectivity index (χ4v) is 4.67. The number of amides is 3. The summed E-state index contributed by atoms with van der Waals surface area (Å²) in [6, 6.07) is 11.6. The van der Waals surface area contributed by atoms with E-state index in [1.165, 1.54) is 0 Å². The molecule has 5 rings (SSSR count). The summed E-state index contributed by atoms with van der Waals surface area (Å²) in [7, 11) is 0. The topological polar surface area (TPSA) is 104 Å². The van der Waals surface area contributed by atoms with Crippen LogP contribution >= 0.6 is 11.6 Å². The van der Waals surface area contributed by atoms with Gasteiger partial charge in [-0.25, -0.2) is 0 Å².